The molecule has 0 saturated carbocycles. The van der Waals surface area contributed by atoms with Crippen molar-refractivity contribution in [3.63, 3.8) is 0 Å². The van der Waals surface area contributed by atoms with E-state index in [1.807, 2.05) is 0 Å². The van der Waals surface area contributed by atoms with Gasteiger partial charge in [0.05, 0.1) is 30.6 Å². The molecule has 0 atom stereocenters. The van der Waals surface area contributed by atoms with Crippen molar-refractivity contribution in [2.24, 2.45) is 12.1 Å². The van der Waals surface area contributed by atoms with Crippen LogP contribution in [-0.4, -0.2) is 51.3 Å². The molecular formula is C21H22N6O5S. The zero-order valence-electron chi connectivity index (χ0n) is 18.4. The molecule has 0 fully saturated rings. The van der Waals surface area contributed by atoms with E-state index in [1.54, 1.807) is 63.1 Å². The van der Waals surface area contributed by atoms with Crippen molar-refractivity contribution in [1.82, 2.24) is 20.2 Å². The fraction of sp³-hybridized carbons (Fsp3) is 0.238. The maximum Gasteiger partial charge on any atom is 0.270 e. The average Bonchev–Trinajstić information content (AvgIpc) is 3.20. The number of rotatable bonds is 9. The van der Waals surface area contributed by atoms with E-state index < -0.39 is 4.92 Å². The molecule has 0 bridgehead atoms. The van der Waals surface area contributed by atoms with Gasteiger partial charge in [0.25, 0.3) is 11.6 Å². The first-order valence-electron chi connectivity index (χ1n) is 9.66. The van der Waals surface area contributed by atoms with E-state index in [9.17, 15) is 14.9 Å². The van der Waals surface area contributed by atoms with Crippen molar-refractivity contribution in [3.05, 3.63) is 58.1 Å². The summed E-state index contributed by atoms with van der Waals surface area (Å²) in [6.07, 6.45) is 0. The largest absolute Gasteiger partial charge is 0.497 e. The maximum atomic E-state index is 12.3. The Hall–Kier alpha value is -3.93. The first-order chi connectivity index (χ1) is 15.8. The second-order valence-corrected chi connectivity index (χ2v) is 7.70. The summed E-state index contributed by atoms with van der Waals surface area (Å²) in [6.45, 7) is 1.76. The molecule has 33 heavy (non-hydrogen) atoms. The number of hydrogen-bond acceptors (Lipinski definition) is 9. The first-order valence-corrected chi connectivity index (χ1v) is 10.6. The van der Waals surface area contributed by atoms with Gasteiger partial charge in [-0.25, -0.2) is 5.43 Å². The Bertz CT molecular complexity index is 1210. The minimum atomic E-state index is -0.468. The van der Waals surface area contributed by atoms with E-state index in [1.165, 1.54) is 23.9 Å². The normalized spacial score (nSPS) is 11.2. The number of ether oxygens (including phenoxy) is 2. The summed E-state index contributed by atoms with van der Waals surface area (Å²) in [6, 6.07) is 11.4. The van der Waals surface area contributed by atoms with Gasteiger partial charge in [-0.3, -0.25) is 14.9 Å². The Morgan fingerprint density at radius 3 is 2.70 bits per heavy atom. The number of carbonyl (C=O) groups is 1. The number of benzene rings is 2. The number of nitrogens with zero attached hydrogens (tertiary/aromatic N) is 5. The van der Waals surface area contributed by atoms with Crippen LogP contribution in [0.1, 0.15) is 12.5 Å². The Morgan fingerprint density at radius 1 is 1.21 bits per heavy atom. The van der Waals surface area contributed by atoms with Gasteiger partial charge in [-0.15, -0.1) is 10.2 Å². The molecule has 0 saturated heterocycles. The number of hydrogen-bond donors (Lipinski definition) is 1. The van der Waals surface area contributed by atoms with E-state index in [0.29, 0.717) is 33.8 Å². The molecule has 12 heteroatoms. The highest BCUT2D eigenvalue weighted by atomic mass is 32.2. The van der Waals surface area contributed by atoms with Crippen LogP contribution >= 0.6 is 11.8 Å². The summed E-state index contributed by atoms with van der Waals surface area (Å²) in [5, 5.41) is 23.8. The van der Waals surface area contributed by atoms with Gasteiger partial charge in [0.1, 0.15) is 11.5 Å². The minimum Gasteiger partial charge on any atom is -0.497 e. The highest BCUT2D eigenvalue weighted by Crippen LogP contribution is 2.26. The van der Waals surface area contributed by atoms with E-state index in [0.717, 1.165) is 5.56 Å². The third-order valence-electron chi connectivity index (χ3n) is 4.63. The molecule has 0 aliphatic rings. The fourth-order valence-electron chi connectivity index (χ4n) is 2.92. The maximum absolute atomic E-state index is 12.3. The van der Waals surface area contributed by atoms with Crippen LogP contribution in [0.25, 0.3) is 11.4 Å². The lowest BCUT2D eigenvalue weighted by Crippen LogP contribution is -2.21. The van der Waals surface area contributed by atoms with E-state index in [-0.39, 0.29) is 17.3 Å². The SMILES string of the molecule is COc1ccc(/C(C)=N\NC(=O)CSc2nnc(-c3cccc([N+](=O)[O-])c3)n2C)c(OC)c1. The van der Waals surface area contributed by atoms with Crippen molar-refractivity contribution >= 4 is 29.1 Å². The molecule has 1 aromatic heterocycles. The van der Waals surface area contributed by atoms with E-state index in [4.69, 9.17) is 9.47 Å². The average molecular weight is 471 g/mol. The summed E-state index contributed by atoms with van der Waals surface area (Å²) in [5.74, 6) is 1.41. The number of nitrogens with one attached hydrogen (secondary N) is 1. The second kappa shape index (κ2) is 10.6. The van der Waals surface area contributed by atoms with Gasteiger partial charge in [-0.1, -0.05) is 23.9 Å². The van der Waals surface area contributed by atoms with Crippen LogP contribution in [0.3, 0.4) is 0 Å². The van der Waals surface area contributed by atoms with Gasteiger partial charge in [-0.2, -0.15) is 5.10 Å². The van der Waals surface area contributed by atoms with Gasteiger partial charge in [0, 0.05) is 36.4 Å². The Kier molecular flexibility index (Phi) is 7.61. The molecule has 1 heterocycles. The second-order valence-electron chi connectivity index (χ2n) is 6.76. The molecule has 1 amide bonds. The lowest BCUT2D eigenvalue weighted by molar-refractivity contribution is -0.384. The van der Waals surface area contributed by atoms with Crippen LogP contribution in [0.5, 0.6) is 11.5 Å². The number of amides is 1. The molecule has 0 unspecified atom stereocenters. The predicted molar refractivity (Wildman–Crippen MR) is 124 cm³/mol. The molecule has 2 aromatic carbocycles. The molecule has 3 rings (SSSR count). The molecule has 0 aliphatic carbocycles. The summed E-state index contributed by atoms with van der Waals surface area (Å²) < 4.78 is 12.2. The van der Waals surface area contributed by atoms with Crippen molar-refractivity contribution in [2.45, 2.75) is 12.1 Å². The number of hydrazone groups is 1. The summed E-state index contributed by atoms with van der Waals surface area (Å²) in [5.41, 5.74) is 4.33. The molecule has 11 nitrogen and oxygen atoms in total. The van der Waals surface area contributed by atoms with Crippen molar-refractivity contribution in [3.8, 4) is 22.9 Å². The zero-order chi connectivity index (χ0) is 24.0. The molecule has 0 radical (unpaired) electrons. The number of nitro benzene ring substituents is 1. The lowest BCUT2D eigenvalue weighted by Gasteiger charge is -2.10. The Morgan fingerprint density at radius 2 is 2.00 bits per heavy atom. The number of non-ortho nitro benzene ring substituents is 1. The number of thioether (sulfide) groups is 1. The van der Waals surface area contributed by atoms with Crippen LogP contribution in [0.4, 0.5) is 5.69 Å². The summed E-state index contributed by atoms with van der Waals surface area (Å²) in [4.78, 5) is 22.8. The number of nitro groups is 1. The Labute approximate surface area is 194 Å². The van der Waals surface area contributed by atoms with Gasteiger partial charge >= 0.3 is 0 Å². The molecule has 1 N–H and O–H groups in total. The number of aromatic nitrogens is 3. The van der Waals surface area contributed by atoms with Gasteiger partial charge in [-0.05, 0) is 19.1 Å². The standard InChI is InChI=1S/C21H22N6O5S/c1-13(17-9-8-16(31-3)11-18(17)32-4)22-23-19(28)12-33-21-25-24-20(26(21)2)14-6-5-7-15(10-14)27(29)30/h5-11H,12H2,1-4H3,(H,23,28)/b22-13-. The lowest BCUT2D eigenvalue weighted by atomic mass is 10.1. The van der Waals surface area contributed by atoms with Gasteiger partial charge in [0.2, 0.25) is 0 Å². The zero-order valence-corrected chi connectivity index (χ0v) is 19.3. The molecule has 3 aromatic rings. The van der Waals surface area contributed by atoms with Crippen LogP contribution < -0.4 is 14.9 Å². The summed E-state index contributed by atoms with van der Waals surface area (Å²) >= 11 is 1.17. The molecular weight excluding hydrogens is 448 g/mol. The van der Waals surface area contributed by atoms with Crippen LogP contribution in [0, 0.1) is 10.1 Å². The predicted octanol–water partition coefficient (Wildman–Crippen LogP) is 3.04. The van der Waals surface area contributed by atoms with Crippen molar-refractivity contribution < 1.29 is 19.2 Å². The van der Waals surface area contributed by atoms with E-state index in [2.05, 4.69) is 20.7 Å². The summed E-state index contributed by atoms with van der Waals surface area (Å²) in [7, 11) is 4.84. The van der Waals surface area contributed by atoms with Gasteiger partial charge in [0.15, 0.2) is 11.0 Å². The van der Waals surface area contributed by atoms with Crippen molar-refractivity contribution in [2.75, 3.05) is 20.0 Å². The topological polar surface area (TPSA) is 134 Å². The van der Waals surface area contributed by atoms with Crippen LogP contribution in [-0.2, 0) is 11.8 Å². The third kappa shape index (κ3) is 5.66. The Balaban J connectivity index is 1.64. The number of carbonyl (C=O) groups excluding carboxylic acids is 1. The molecule has 0 spiro atoms. The van der Waals surface area contributed by atoms with Crippen LogP contribution in [0.2, 0.25) is 0 Å². The molecule has 172 valence electrons. The monoisotopic (exact) mass is 470 g/mol. The number of methoxy groups -OCH3 is 2. The quantitative estimate of drug-likeness (QED) is 0.218. The smallest absolute Gasteiger partial charge is 0.270 e. The van der Waals surface area contributed by atoms with Gasteiger partial charge < -0.3 is 14.0 Å². The van der Waals surface area contributed by atoms with Crippen molar-refractivity contribution in [1.29, 1.82) is 0 Å². The minimum absolute atomic E-state index is 0.0363. The fourth-order valence-corrected chi connectivity index (χ4v) is 3.62. The molecule has 0 aliphatic heterocycles. The first kappa shape index (κ1) is 23.7. The highest BCUT2D eigenvalue weighted by molar-refractivity contribution is 7.99. The van der Waals surface area contributed by atoms with E-state index >= 15 is 0 Å². The highest BCUT2D eigenvalue weighted by Gasteiger charge is 2.15. The third-order valence-corrected chi connectivity index (χ3v) is 5.65. The van der Waals surface area contributed by atoms with Crippen LogP contribution in [0.15, 0.2) is 52.7 Å².